The van der Waals surface area contributed by atoms with E-state index in [4.69, 9.17) is 10.5 Å². The van der Waals surface area contributed by atoms with Crippen LogP contribution in [-0.2, 0) is 71.1 Å². The molecule has 6 rings (SSSR count). The van der Waals surface area contributed by atoms with Gasteiger partial charge in [0, 0.05) is 128 Å². The van der Waals surface area contributed by atoms with Crippen LogP contribution in [0, 0.1) is 23.7 Å². The monoisotopic (exact) mass is 1260 g/mol. The quantitative estimate of drug-likeness (QED) is 0.0248. The SMILES string of the molecule is CC[C@H](C)C(CC(=O)C1CN1C)C(=O)N(C)[C@H](C[C@@H](OC(C)=O)c1nc(C(=O)N(C)[C@@H](Cc2ccc(OS(=O)(=O)O)cc2)C(=O)C[C@H](CCCCN)C(=O)N[C@@H](Cc2ccccc2)C(=O)N2CCN(C(=O)CCCN3C(=O)C=CC3=O)CC2)cs1)C(C)C. The van der Waals surface area contributed by atoms with E-state index in [2.05, 4.69) is 14.5 Å². The molecule has 480 valence electrons. The molecule has 3 aliphatic heterocycles. The first-order valence-electron chi connectivity index (χ1n) is 30.0. The third-order valence-corrected chi connectivity index (χ3v) is 18.1. The lowest BCUT2D eigenvalue weighted by Crippen LogP contribution is -2.57. The number of thiazole rings is 1. The van der Waals surface area contributed by atoms with Gasteiger partial charge in [0.05, 0.1) is 12.1 Å². The Hall–Kier alpha value is -7.26. The molecule has 0 spiro atoms. The summed E-state index contributed by atoms with van der Waals surface area (Å²) in [4.78, 5) is 150. The summed E-state index contributed by atoms with van der Waals surface area (Å²) >= 11 is 1.04. The lowest BCUT2D eigenvalue weighted by atomic mass is 9.84. The summed E-state index contributed by atoms with van der Waals surface area (Å²) in [7, 11) is 0.0616. The molecule has 9 atom stereocenters. The Morgan fingerprint density at radius 1 is 0.852 bits per heavy atom. The second-order valence-corrected chi connectivity index (χ2v) is 25.4. The minimum atomic E-state index is -4.88. The van der Waals surface area contributed by atoms with Crippen LogP contribution in [0.15, 0.2) is 72.1 Å². The maximum atomic E-state index is 15.1. The van der Waals surface area contributed by atoms with Crippen LogP contribution < -0.4 is 15.2 Å². The van der Waals surface area contributed by atoms with Crippen LogP contribution in [0.5, 0.6) is 5.75 Å². The highest BCUT2D eigenvalue weighted by atomic mass is 32.3. The minimum Gasteiger partial charge on any atom is -0.455 e. The van der Waals surface area contributed by atoms with Crippen molar-refractivity contribution in [1.29, 1.82) is 0 Å². The predicted octanol–water partition coefficient (Wildman–Crippen LogP) is 4.23. The van der Waals surface area contributed by atoms with Gasteiger partial charge in [0.2, 0.25) is 23.6 Å². The number of hydrogen-bond acceptors (Lipinski definition) is 18. The molecule has 2 aromatic carbocycles. The van der Waals surface area contributed by atoms with E-state index in [-0.39, 0.29) is 130 Å². The fourth-order valence-corrected chi connectivity index (χ4v) is 12.4. The van der Waals surface area contributed by atoms with Crippen molar-refractivity contribution >= 4 is 80.6 Å². The highest BCUT2D eigenvalue weighted by molar-refractivity contribution is 7.81. The number of nitrogens with one attached hydrogen (secondary N) is 1. The molecule has 0 saturated carbocycles. The fraction of sp³-hybridized carbons (Fsp3) is 0.565. The summed E-state index contributed by atoms with van der Waals surface area (Å²) in [6, 6.07) is 11.4. The molecule has 0 aliphatic carbocycles. The highest BCUT2D eigenvalue weighted by Gasteiger charge is 2.42. The zero-order valence-corrected chi connectivity index (χ0v) is 53.2. The maximum Gasteiger partial charge on any atom is 0.446 e. The van der Waals surface area contributed by atoms with Crippen molar-refractivity contribution in [2.45, 2.75) is 136 Å². The van der Waals surface area contributed by atoms with E-state index in [1.165, 1.54) is 60.7 Å². The molecular weight excluding hydrogens is 1170 g/mol. The van der Waals surface area contributed by atoms with Gasteiger partial charge in [0.25, 0.3) is 17.7 Å². The van der Waals surface area contributed by atoms with Crippen LogP contribution >= 0.6 is 11.3 Å². The highest BCUT2D eigenvalue weighted by Crippen LogP contribution is 2.34. The van der Waals surface area contributed by atoms with E-state index in [1.807, 2.05) is 57.8 Å². The van der Waals surface area contributed by atoms with Crippen LogP contribution in [0.2, 0.25) is 0 Å². The molecule has 4 N–H and O–H groups in total. The number of likely N-dealkylation sites (N-methyl/N-ethyl adjacent to an activating group) is 2. The van der Waals surface area contributed by atoms with Crippen LogP contribution in [0.1, 0.15) is 125 Å². The van der Waals surface area contributed by atoms with Crippen molar-refractivity contribution in [2.75, 3.05) is 67.0 Å². The first-order valence-corrected chi connectivity index (χ1v) is 32.3. The molecule has 3 aromatic rings. The van der Waals surface area contributed by atoms with Crippen molar-refractivity contribution in [3.8, 4) is 5.75 Å². The first kappa shape index (κ1) is 69.8. The summed E-state index contributed by atoms with van der Waals surface area (Å²) in [5.41, 5.74) is 6.98. The normalized spacial score (nSPS) is 18.2. The summed E-state index contributed by atoms with van der Waals surface area (Å²) in [6.45, 7) is 10.8. The molecule has 3 aliphatic rings. The van der Waals surface area contributed by atoms with Gasteiger partial charge >= 0.3 is 16.4 Å². The Morgan fingerprint density at radius 3 is 2.06 bits per heavy atom. The number of ether oxygens (including phenoxy) is 1. The number of hydrogen-bond donors (Lipinski definition) is 3. The number of benzene rings is 2. The van der Waals surface area contributed by atoms with Gasteiger partial charge in [-0.15, -0.1) is 11.3 Å². The van der Waals surface area contributed by atoms with Crippen LogP contribution in [0.3, 0.4) is 0 Å². The molecule has 2 saturated heterocycles. The average Bonchev–Trinajstić information content (AvgIpc) is 1.98. The van der Waals surface area contributed by atoms with E-state index in [0.29, 0.717) is 37.9 Å². The average molecular weight is 1260 g/mol. The smallest absolute Gasteiger partial charge is 0.446 e. The Morgan fingerprint density at radius 2 is 1.48 bits per heavy atom. The second-order valence-electron chi connectivity index (χ2n) is 23.4. The molecule has 7 amide bonds. The Kier molecular flexibility index (Phi) is 25.6. The van der Waals surface area contributed by atoms with Crippen LogP contribution in [0.25, 0.3) is 0 Å². The lowest BCUT2D eigenvalue weighted by molar-refractivity contribution is -0.149. The zero-order valence-electron chi connectivity index (χ0n) is 51.5. The van der Waals surface area contributed by atoms with E-state index >= 15 is 4.79 Å². The topological polar surface area (TPSA) is 314 Å². The summed E-state index contributed by atoms with van der Waals surface area (Å²) in [6.07, 6.45) is 3.19. The number of amides is 7. The molecule has 0 radical (unpaired) electrons. The number of imide groups is 1. The van der Waals surface area contributed by atoms with Gasteiger partial charge in [-0.05, 0) is 74.4 Å². The molecule has 0 bridgehead atoms. The molecule has 2 fully saturated rings. The number of carbonyl (C=O) groups excluding carboxylic acids is 10. The second kappa shape index (κ2) is 32.3. The molecule has 4 heterocycles. The maximum absolute atomic E-state index is 15.1. The van der Waals surface area contributed by atoms with Gasteiger partial charge in [-0.2, -0.15) is 8.42 Å². The number of unbranched alkanes of at least 4 members (excludes halogenated alkanes) is 1. The molecule has 24 nitrogen and oxygen atoms in total. The number of esters is 1. The van der Waals surface area contributed by atoms with Crippen molar-refractivity contribution < 1.29 is 69.8 Å². The minimum absolute atomic E-state index is 0.0110. The third-order valence-electron chi connectivity index (χ3n) is 16.7. The van der Waals surface area contributed by atoms with Crippen molar-refractivity contribution in [3.63, 3.8) is 0 Å². The Labute approximate surface area is 519 Å². The number of aromatic nitrogens is 1. The number of nitrogens with zero attached hydrogens (tertiary/aromatic N) is 7. The number of piperazine rings is 1. The van der Waals surface area contributed by atoms with Gasteiger partial charge in [-0.3, -0.25) is 62.3 Å². The summed E-state index contributed by atoms with van der Waals surface area (Å²) < 4.78 is 42.9. The van der Waals surface area contributed by atoms with Gasteiger partial charge in [-0.25, -0.2) is 4.98 Å². The zero-order chi connectivity index (χ0) is 64.6. The van der Waals surface area contributed by atoms with Gasteiger partial charge < -0.3 is 39.6 Å². The lowest BCUT2D eigenvalue weighted by Gasteiger charge is -2.37. The largest absolute Gasteiger partial charge is 0.455 e. The van der Waals surface area contributed by atoms with Crippen molar-refractivity contribution in [3.05, 3.63) is 94.0 Å². The van der Waals surface area contributed by atoms with E-state index in [1.54, 1.807) is 33.9 Å². The van der Waals surface area contributed by atoms with Crippen molar-refractivity contribution in [1.82, 2.24) is 39.7 Å². The number of carbonyl (C=O) groups is 10. The van der Waals surface area contributed by atoms with E-state index < -0.39 is 94.2 Å². The number of rotatable bonds is 34. The van der Waals surface area contributed by atoms with E-state index in [9.17, 15) is 56.1 Å². The predicted molar refractivity (Wildman–Crippen MR) is 326 cm³/mol. The van der Waals surface area contributed by atoms with Crippen molar-refractivity contribution in [2.24, 2.45) is 29.4 Å². The number of ketones is 2. The molecule has 3 unspecified atom stereocenters. The van der Waals surface area contributed by atoms with E-state index in [0.717, 1.165) is 21.8 Å². The summed E-state index contributed by atoms with van der Waals surface area (Å²) in [5.74, 6) is -6.25. The molecular formula is C62H85N9O15S2. The van der Waals surface area contributed by atoms with Gasteiger partial charge in [-0.1, -0.05) is 83.0 Å². The first-order chi connectivity index (χ1) is 41.7. The number of Topliss-reactive ketones (excluding diaryl/α,β-unsaturated/α-hetero) is 2. The number of nitrogens with two attached hydrogens (primary N) is 1. The van der Waals surface area contributed by atoms with Crippen LogP contribution in [-0.4, -0.2) is 197 Å². The standard InChI is InChI=1S/C62H85N9O15S2/c1-9-40(4)46(35-53(74)51-37-66(51)6)60(79)67(7)49(39(2)3)36-54(85-41(5)72)59-65-48(38-87-59)61(80)68(8)50(33-43-20-22-45(23-21-43)86-88(82,83)84)52(73)34-44(18-13-14-26-63)58(78)64-47(32-42-16-11-10-12-17-42)62(81)70-30-28-69(29-31-70)55(75)19-15-27-71-56(76)24-25-57(71)77/h10-12,16-17,20-25,38-40,44,46-47,49-51,54H,9,13-15,18-19,26-37,63H2,1-8H3,(H,64,78)(H,82,83,84)/t40-,44-,46?,47-,49+,50-,51?,54+,66?/m0/s1. The van der Waals surface area contributed by atoms with Crippen LogP contribution in [0.4, 0.5) is 0 Å². The molecule has 88 heavy (non-hydrogen) atoms. The molecule has 26 heteroatoms. The third kappa shape index (κ3) is 19.9. The summed E-state index contributed by atoms with van der Waals surface area (Å²) in [5, 5.41) is 4.68. The fourth-order valence-electron chi connectivity index (χ4n) is 11.2. The molecule has 1 aromatic heterocycles. The van der Waals surface area contributed by atoms with Gasteiger partial charge in [0.15, 0.2) is 17.7 Å². The van der Waals surface area contributed by atoms with Gasteiger partial charge in [0.1, 0.15) is 22.5 Å². The Balaban J connectivity index is 1.23. The Bertz CT molecular complexity index is 3100.